The Hall–Kier alpha value is -5.23. The van der Waals surface area contributed by atoms with E-state index in [0.717, 1.165) is 65.2 Å². The quantitative estimate of drug-likeness (QED) is 0.247. The van der Waals surface area contributed by atoms with Gasteiger partial charge in [0, 0.05) is 65.7 Å². The second-order valence-electron chi connectivity index (χ2n) is 13.5. The average molecular weight is 647 g/mol. The van der Waals surface area contributed by atoms with Crippen LogP contribution in [0.3, 0.4) is 0 Å². The van der Waals surface area contributed by atoms with Gasteiger partial charge >= 0.3 is 0 Å². The van der Waals surface area contributed by atoms with Crippen molar-refractivity contribution in [2.75, 3.05) is 13.7 Å². The zero-order valence-electron chi connectivity index (χ0n) is 26.5. The number of para-hydroxylation sites is 1. The predicted molar refractivity (Wildman–Crippen MR) is 179 cm³/mol. The molecule has 4 aromatic heterocycles. The van der Waals surface area contributed by atoms with Crippen LogP contribution >= 0.6 is 0 Å². The summed E-state index contributed by atoms with van der Waals surface area (Å²) in [6.45, 7) is 1.88. The van der Waals surface area contributed by atoms with E-state index >= 15 is 0 Å². The van der Waals surface area contributed by atoms with Crippen LogP contribution in [-0.4, -0.2) is 65.4 Å². The number of carbonyl (C=O) groups is 1. The highest BCUT2D eigenvalue weighted by atomic mass is 19.1. The number of methoxy groups -OCH3 is 1. The molecule has 3 fully saturated rings. The number of nitrogens with zero attached hydrogens (tertiary/aromatic N) is 6. The van der Waals surface area contributed by atoms with Crippen molar-refractivity contribution in [2.45, 2.75) is 50.9 Å². The summed E-state index contributed by atoms with van der Waals surface area (Å²) in [5.74, 6) is 1.59. The molecule has 2 saturated carbocycles. The fraction of sp³-hybridized carbons (Fsp3) is 0.333. The number of aromatic amines is 1. The van der Waals surface area contributed by atoms with E-state index in [2.05, 4.69) is 43.5 Å². The number of amides is 1. The molecule has 1 saturated heterocycles. The standard InChI is InChI=1S/C36H35FN8O3/c1-48-31-12-24(36(47)43-19-23-8-9-28(43)32(23)38)10-26-33(31)44(17-21-14-40-45(18-21)30-13-25(37)15-39-35(30)46)34(41-26)29-11-22-4-2-3-5-27(22)42(29)16-20-6-7-20/h2-5,10-15,18,20,23,28,32H,6-9,16-17,19,38H2,1H3,(H,39,46)/t23?,28?,32-/m1/s1. The molecule has 1 amide bonds. The second kappa shape index (κ2) is 10.9. The lowest BCUT2D eigenvalue weighted by molar-refractivity contribution is 0.0700. The number of pyridine rings is 1. The molecular formula is C36H35FN8O3. The molecule has 11 nitrogen and oxygen atoms in total. The van der Waals surface area contributed by atoms with E-state index in [4.69, 9.17) is 15.5 Å². The number of imidazole rings is 1. The predicted octanol–water partition coefficient (Wildman–Crippen LogP) is 4.70. The van der Waals surface area contributed by atoms with Crippen molar-refractivity contribution < 1.29 is 13.9 Å². The number of H-pyrrole nitrogens is 1. The van der Waals surface area contributed by atoms with Gasteiger partial charge in [0.25, 0.3) is 11.5 Å². The topological polar surface area (TPSA) is 129 Å². The highest BCUT2D eigenvalue weighted by molar-refractivity contribution is 6.00. The molecule has 9 rings (SSSR count). The maximum atomic E-state index is 14.0. The third kappa shape index (κ3) is 4.65. The van der Waals surface area contributed by atoms with Crippen LogP contribution in [-0.2, 0) is 13.1 Å². The van der Waals surface area contributed by atoms with E-state index in [0.29, 0.717) is 41.8 Å². The lowest BCUT2D eigenvalue weighted by Gasteiger charge is -2.27. The van der Waals surface area contributed by atoms with Gasteiger partial charge < -0.3 is 29.5 Å². The number of halogens is 1. The summed E-state index contributed by atoms with van der Waals surface area (Å²) in [5.41, 5.74) is 10.9. The number of likely N-dealkylation sites (tertiary alicyclic amines) is 1. The number of carbonyl (C=O) groups excluding carboxylic acids is 1. The number of hydrogen-bond donors (Lipinski definition) is 2. The van der Waals surface area contributed by atoms with Gasteiger partial charge in [-0.1, -0.05) is 18.2 Å². The molecule has 48 heavy (non-hydrogen) atoms. The van der Waals surface area contributed by atoms with Crippen LogP contribution in [0.1, 0.15) is 41.6 Å². The first-order valence-electron chi connectivity index (χ1n) is 16.5. The first kappa shape index (κ1) is 29.0. The van der Waals surface area contributed by atoms with E-state index in [9.17, 15) is 14.0 Å². The third-order valence-electron chi connectivity index (χ3n) is 10.4. The summed E-state index contributed by atoms with van der Waals surface area (Å²) in [6, 6.07) is 15.4. The lowest BCUT2D eigenvalue weighted by atomic mass is 10.1. The molecule has 244 valence electrons. The molecule has 3 atom stereocenters. The minimum absolute atomic E-state index is 0.0163. The van der Waals surface area contributed by atoms with Gasteiger partial charge in [-0.15, -0.1) is 0 Å². The number of nitrogens with two attached hydrogens (primary N) is 1. The number of fused-ring (bicyclic) bond motifs is 4. The Morgan fingerprint density at radius 1 is 1.10 bits per heavy atom. The number of aromatic nitrogens is 6. The van der Waals surface area contributed by atoms with Gasteiger partial charge in [0.1, 0.15) is 22.8 Å². The van der Waals surface area contributed by atoms with E-state index in [1.807, 2.05) is 17.0 Å². The fourth-order valence-electron chi connectivity index (χ4n) is 7.83. The van der Waals surface area contributed by atoms with E-state index in [1.165, 1.54) is 17.5 Å². The molecule has 0 spiro atoms. The smallest absolute Gasteiger partial charge is 0.274 e. The van der Waals surface area contributed by atoms with Crippen molar-refractivity contribution in [3.05, 3.63) is 94.4 Å². The molecule has 2 aliphatic carbocycles. The fourth-order valence-corrected chi connectivity index (χ4v) is 7.83. The zero-order valence-corrected chi connectivity index (χ0v) is 26.5. The van der Waals surface area contributed by atoms with Gasteiger partial charge in [-0.2, -0.15) is 5.10 Å². The number of nitrogens with one attached hydrogen (secondary N) is 1. The molecule has 1 aliphatic heterocycles. The molecule has 2 bridgehead atoms. The van der Waals surface area contributed by atoms with Gasteiger partial charge in [0.2, 0.25) is 0 Å². The molecule has 2 aromatic carbocycles. The van der Waals surface area contributed by atoms with Crippen LogP contribution in [0.25, 0.3) is 39.1 Å². The Bertz CT molecular complexity index is 2300. The molecular weight excluding hydrogens is 611 g/mol. The summed E-state index contributed by atoms with van der Waals surface area (Å²) < 4.78 is 25.8. The number of benzene rings is 2. The molecule has 6 aromatic rings. The van der Waals surface area contributed by atoms with E-state index in [-0.39, 0.29) is 23.7 Å². The monoisotopic (exact) mass is 646 g/mol. The highest BCUT2D eigenvalue weighted by Crippen LogP contribution is 2.40. The summed E-state index contributed by atoms with van der Waals surface area (Å²) in [7, 11) is 1.60. The average Bonchev–Trinajstić information content (AvgIpc) is 3.40. The van der Waals surface area contributed by atoms with E-state index < -0.39 is 11.4 Å². The Morgan fingerprint density at radius 2 is 1.96 bits per heavy atom. The largest absolute Gasteiger partial charge is 0.494 e. The maximum absolute atomic E-state index is 14.0. The molecule has 12 heteroatoms. The SMILES string of the molecule is COc1cc(C(=O)N2CC3CCC2[C@@H]3N)cc2nc(-c3cc4ccccc4n3CC3CC3)n(Cc3cnn(-c4cc(F)c[nH]c4=O)c3)c12. The van der Waals surface area contributed by atoms with Gasteiger partial charge in [-0.25, -0.2) is 14.1 Å². The molecule has 0 radical (unpaired) electrons. The number of piperidine rings is 1. The van der Waals surface area contributed by atoms with Gasteiger partial charge in [-0.3, -0.25) is 9.59 Å². The van der Waals surface area contributed by atoms with Crippen LogP contribution in [0, 0.1) is 17.7 Å². The molecule has 3 N–H and O–H groups in total. The van der Waals surface area contributed by atoms with Crippen molar-refractivity contribution in [3.8, 4) is 23.0 Å². The molecule has 2 unspecified atom stereocenters. The minimum Gasteiger partial charge on any atom is -0.494 e. The van der Waals surface area contributed by atoms with Crippen molar-refractivity contribution >= 4 is 27.8 Å². The summed E-state index contributed by atoms with van der Waals surface area (Å²) >= 11 is 0. The van der Waals surface area contributed by atoms with Crippen LogP contribution in [0.15, 0.2) is 71.9 Å². The van der Waals surface area contributed by atoms with Gasteiger partial charge in [0.15, 0.2) is 5.82 Å². The Balaban J connectivity index is 1.20. The number of hydrogen-bond acceptors (Lipinski definition) is 6. The minimum atomic E-state index is -0.563. The summed E-state index contributed by atoms with van der Waals surface area (Å²) in [5, 5.41) is 5.52. The Labute approximate surface area is 274 Å². The zero-order chi connectivity index (χ0) is 32.7. The Morgan fingerprint density at radius 3 is 2.73 bits per heavy atom. The van der Waals surface area contributed by atoms with Crippen LogP contribution in [0.5, 0.6) is 5.75 Å². The third-order valence-corrected chi connectivity index (χ3v) is 10.4. The summed E-state index contributed by atoms with van der Waals surface area (Å²) in [4.78, 5) is 36.0. The Kier molecular flexibility index (Phi) is 6.58. The van der Waals surface area contributed by atoms with Crippen molar-refractivity contribution in [3.63, 3.8) is 0 Å². The first-order valence-corrected chi connectivity index (χ1v) is 16.5. The molecule has 5 heterocycles. The highest BCUT2D eigenvalue weighted by Gasteiger charge is 2.47. The number of ether oxygens (including phenoxy) is 1. The van der Waals surface area contributed by atoms with Crippen molar-refractivity contribution in [1.29, 1.82) is 0 Å². The normalized spacial score (nSPS) is 20.4. The molecule has 3 aliphatic rings. The van der Waals surface area contributed by atoms with Crippen LogP contribution in [0.4, 0.5) is 4.39 Å². The second-order valence-corrected chi connectivity index (χ2v) is 13.5. The lowest BCUT2D eigenvalue weighted by Crippen LogP contribution is -2.41. The van der Waals surface area contributed by atoms with Crippen LogP contribution < -0.4 is 16.0 Å². The van der Waals surface area contributed by atoms with Crippen molar-refractivity contribution in [1.82, 2.24) is 33.8 Å². The van der Waals surface area contributed by atoms with E-state index in [1.54, 1.807) is 25.6 Å². The van der Waals surface area contributed by atoms with Crippen LogP contribution in [0.2, 0.25) is 0 Å². The first-order chi connectivity index (χ1) is 23.4. The van der Waals surface area contributed by atoms with Crippen molar-refractivity contribution in [2.24, 2.45) is 17.6 Å². The summed E-state index contributed by atoms with van der Waals surface area (Å²) in [6.07, 6.45) is 8.78. The van der Waals surface area contributed by atoms with Gasteiger partial charge in [-0.05, 0) is 61.8 Å². The number of rotatable bonds is 8. The maximum Gasteiger partial charge on any atom is 0.274 e. The van der Waals surface area contributed by atoms with Gasteiger partial charge in [0.05, 0.1) is 31.1 Å².